The number of amides is 4. The van der Waals surface area contributed by atoms with Crippen molar-refractivity contribution in [3.63, 3.8) is 0 Å². The summed E-state index contributed by atoms with van der Waals surface area (Å²) in [5, 5.41) is 16.2. The van der Waals surface area contributed by atoms with Gasteiger partial charge in [0.15, 0.2) is 0 Å². The van der Waals surface area contributed by atoms with Gasteiger partial charge in [0.05, 0.1) is 28.8 Å². The van der Waals surface area contributed by atoms with E-state index in [4.69, 9.17) is 0 Å². The lowest BCUT2D eigenvalue weighted by molar-refractivity contribution is -0.189. The molecule has 2 atom stereocenters. The number of fused-ring (bicyclic) bond motifs is 2. The van der Waals surface area contributed by atoms with Gasteiger partial charge in [-0.15, -0.1) is 17.9 Å². The molecule has 2 aromatic carbocycles. The molecule has 2 N–H and O–H groups in total. The lowest BCUT2D eigenvalue weighted by Crippen LogP contribution is -2.76. The summed E-state index contributed by atoms with van der Waals surface area (Å²) >= 11 is 1.20. The van der Waals surface area contributed by atoms with E-state index in [9.17, 15) is 23.9 Å². The summed E-state index contributed by atoms with van der Waals surface area (Å²) in [6, 6.07) is 8.35. The quantitative estimate of drug-likeness (QED) is 0.365. The second kappa shape index (κ2) is 12.9. The van der Waals surface area contributed by atoms with Crippen molar-refractivity contribution in [3.8, 4) is 5.75 Å². The van der Waals surface area contributed by atoms with Crippen molar-refractivity contribution in [2.75, 3.05) is 26.2 Å². The van der Waals surface area contributed by atoms with Gasteiger partial charge < -0.3 is 20.2 Å². The van der Waals surface area contributed by atoms with Crippen LogP contribution < -0.4 is 5.32 Å². The fraction of sp³-hybridized carbons (Fsp3) is 0.438. The van der Waals surface area contributed by atoms with Gasteiger partial charge in [-0.25, -0.2) is 24.2 Å². The minimum absolute atomic E-state index is 0.0733. The van der Waals surface area contributed by atoms with Gasteiger partial charge in [-0.2, -0.15) is 0 Å². The van der Waals surface area contributed by atoms with Crippen molar-refractivity contribution in [1.29, 1.82) is 0 Å². The number of aromatic nitrogens is 1. The zero-order valence-corrected chi connectivity index (χ0v) is 25.3. The van der Waals surface area contributed by atoms with Crippen LogP contribution in [0, 0.1) is 11.7 Å². The molecule has 3 aromatic rings. The number of halogens is 1. The van der Waals surface area contributed by atoms with E-state index in [1.807, 2.05) is 0 Å². The number of hydrazine groups is 1. The van der Waals surface area contributed by atoms with Crippen molar-refractivity contribution in [1.82, 2.24) is 30.1 Å². The van der Waals surface area contributed by atoms with Gasteiger partial charge >= 0.3 is 6.03 Å². The zero-order valence-electron chi connectivity index (χ0n) is 24.5. The lowest BCUT2D eigenvalue weighted by Gasteiger charge is -2.55. The van der Waals surface area contributed by atoms with Gasteiger partial charge in [-0.1, -0.05) is 43.5 Å². The van der Waals surface area contributed by atoms with Crippen LogP contribution in [-0.4, -0.2) is 86.1 Å². The summed E-state index contributed by atoms with van der Waals surface area (Å²) in [5.74, 6) is -0.384. The number of hydrogen-bond donors (Lipinski definition) is 2. The molecular weight excluding hydrogens is 583 g/mol. The predicted molar refractivity (Wildman–Crippen MR) is 165 cm³/mol. The third-order valence-electron chi connectivity index (χ3n) is 8.89. The molecule has 1 saturated carbocycles. The molecule has 3 aliphatic rings. The van der Waals surface area contributed by atoms with Crippen LogP contribution in [0.2, 0.25) is 0 Å². The van der Waals surface area contributed by atoms with Crippen molar-refractivity contribution in [2.45, 2.75) is 57.3 Å². The number of phenols is 1. The smallest absolute Gasteiger partial charge is 0.333 e. The van der Waals surface area contributed by atoms with Crippen molar-refractivity contribution in [3.05, 3.63) is 71.5 Å². The van der Waals surface area contributed by atoms with Crippen LogP contribution in [0.25, 0.3) is 10.2 Å². The Labute approximate surface area is 259 Å². The normalized spacial score (nSPS) is 21.5. The number of carbonyl (C=O) groups excluding carboxylic acids is 3. The third kappa shape index (κ3) is 6.00. The average molecular weight is 621 g/mol. The lowest BCUT2D eigenvalue weighted by atomic mass is 9.89. The van der Waals surface area contributed by atoms with Gasteiger partial charge in [0.1, 0.15) is 23.8 Å². The number of urea groups is 1. The van der Waals surface area contributed by atoms with Crippen molar-refractivity contribution in [2.24, 2.45) is 5.92 Å². The van der Waals surface area contributed by atoms with Crippen LogP contribution in [0.5, 0.6) is 5.75 Å². The molecule has 1 aliphatic carbocycles. The SMILES string of the molecule is C=CCN1CC(=O)N2[C@@H](Cc3ccc(O)cc3)C(=O)N(Cc3ccc(F)c4scnc34)C[C@@H]2N1C(=O)NCC1CCCCC1. The maximum atomic E-state index is 14.5. The van der Waals surface area contributed by atoms with E-state index < -0.39 is 12.2 Å². The van der Waals surface area contributed by atoms with Crippen LogP contribution in [0.15, 0.2) is 54.6 Å². The second-order valence-corrected chi connectivity index (χ2v) is 12.6. The standard InChI is InChI=1S/C32H37FN6O4S/c1-2-14-37-19-28(41)38-26(15-21-8-11-24(40)12-9-21)31(42)36(17-23-10-13-25(33)30-29(23)35-20-44-30)18-27(38)39(37)32(43)34-16-22-6-4-3-5-7-22/h2,8-13,20,22,26-27,40H,1,3-7,14-19H2,(H,34,43)/t26-,27-/m0/s1. The molecule has 44 heavy (non-hydrogen) atoms. The maximum absolute atomic E-state index is 14.5. The van der Waals surface area contributed by atoms with Gasteiger partial charge in [-0.3, -0.25) is 9.59 Å². The number of piperazine rings is 1. The first-order chi connectivity index (χ1) is 21.3. The first-order valence-electron chi connectivity index (χ1n) is 15.1. The molecule has 3 heterocycles. The summed E-state index contributed by atoms with van der Waals surface area (Å²) in [5.41, 5.74) is 3.53. The van der Waals surface area contributed by atoms with Crippen molar-refractivity contribution < 1.29 is 23.9 Å². The van der Waals surface area contributed by atoms with E-state index >= 15 is 0 Å². The Morgan fingerprint density at radius 3 is 2.66 bits per heavy atom. The molecule has 0 spiro atoms. The number of nitrogens with zero attached hydrogens (tertiary/aromatic N) is 5. The maximum Gasteiger partial charge on any atom is 0.333 e. The van der Waals surface area contributed by atoms with Crippen molar-refractivity contribution >= 4 is 39.4 Å². The molecule has 10 nitrogen and oxygen atoms in total. The Kier molecular flexibility index (Phi) is 8.81. The Hall–Kier alpha value is -4.03. The van der Waals surface area contributed by atoms with E-state index in [-0.39, 0.29) is 62.0 Å². The van der Waals surface area contributed by atoms with Crippen LogP contribution >= 0.6 is 11.3 Å². The number of aromatic hydroxyl groups is 1. The van der Waals surface area contributed by atoms with Crippen LogP contribution in [-0.2, 0) is 22.6 Å². The Morgan fingerprint density at radius 2 is 1.91 bits per heavy atom. The van der Waals surface area contributed by atoms with E-state index in [1.165, 1.54) is 23.8 Å². The monoisotopic (exact) mass is 620 g/mol. The van der Waals surface area contributed by atoms with E-state index in [0.29, 0.717) is 28.2 Å². The highest BCUT2D eigenvalue weighted by Gasteiger charge is 2.51. The van der Waals surface area contributed by atoms with Gasteiger partial charge in [0.25, 0.3) is 0 Å². The zero-order chi connectivity index (χ0) is 30.8. The summed E-state index contributed by atoms with van der Waals surface area (Å²) in [7, 11) is 0. The molecule has 0 bridgehead atoms. The fourth-order valence-electron chi connectivity index (χ4n) is 6.71. The average Bonchev–Trinajstić information content (AvgIpc) is 3.52. The summed E-state index contributed by atoms with van der Waals surface area (Å²) in [6.45, 7) is 4.81. The first-order valence-corrected chi connectivity index (χ1v) is 16.0. The summed E-state index contributed by atoms with van der Waals surface area (Å²) in [6.07, 6.45) is 6.76. The number of benzene rings is 2. The number of thiazole rings is 1. The molecular formula is C32H37FN6O4S. The van der Waals surface area contributed by atoms with Gasteiger partial charge in [0.2, 0.25) is 11.8 Å². The van der Waals surface area contributed by atoms with E-state index in [1.54, 1.807) is 61.7 Å². The number of rotatable bonds is 8. The molecule has 4 amide bonds. The first kappa shape index (κ1) is 30.0. The summed E-state index contributed by atoms with van der Waals surface area (Å²) in [4.78, 5) is 49.5. The number of phenolic OH excluding ortho intramolecular Hbond substituents is 1. The molecule has 232 valence electrons. The van der Waals surface area contributed by atoms with Crippen LogP contribution in [0.1, 0.15) is 43.2 Å². The minimum atomic E-state index is -0.892. The fourth-order valence-corrected chi connectivity index (χ4v) is 7.45. The topological polar surface area (TPSA) is 109 Å². The highest BCUT2D eigenvalue weighted by Crippen LogP contribution is 2.32. The molecule has 0 radical (unpaired) electrons. The molecule has 6 rings (SSSR count). The predicted octanol–water partition coefficient (Wildman–Crippen LogP) is 4.26. The summed E-state index contributed by atoms with van der Waals surface area (Å²) < 4.78 is 14.9. The molecule has 2 saturated heterocycles. The van der Waals surface area contributed by atoms with E-state index in [0.717, 1.165) is 31.2 Å². The molecule has 12 heteroatoms. The van der Waals surface area contributed by atoms with Gasteiger partial charge in [-0.05, 0) is 48.1 Å². The molecule has 1 aromatic heterocycles. The highest BCUT2D eigenvalue weighted by molar-refractivity contribution is 7.16. The van der Waals surface area contributed by atoms with Crippen LogP contribution in [0.3, 0.4) is 0 Å². The van der Waals surface area contributed by atoms with Crippen LogP contribution in [0.4, 0.5) is 9.18 Å². The Morgan fingerprint density at radius 1 is 1.14 bits per heavy atom. The Bertz CT molecular complexity index is 1540. The second-order valence-electron chi connectivity index (χ2n) is 11.8. The van der Waals surface area contributed by atoms with Gasteiger partial charge in [0, 0.05) is 26.1 Å². The number of nitrogens with one attached hydrogen (secondary N) is 1. The van der Waals surface area contributed by atoms with E-state index in [2.05, 4.69) is 16.9 Å². The molecule has 0 unspecified atom stereocenters. The third-order valence-corrected chi connectivity index (χ3v) is 9.73. The highest BCUT2D eigenvalue weighted by atomic mass is 32.1. The molecule has 2 aliphatic heterocycles. The number of carbonyl (C=O) groups is 3. The molecule has 3 fully saturated rings. The number of hydrogen-bond acceptors (Lipinski definition) is 7. The largest absolute Gasteiger partial charge is 0.508 e. The Balaban J connectivity index is 1.35. The minimum Gasteiger partial charge on any atom is -0.508 e.